The second-order valence-corrected chi connectivity index (χ2v) is 5.22. The summed E-state index contributed by atoms with van der Waals surface area (Å²) in [5.74, 6) is 0.684. The summed E-state index contributed by atoms with van der Waals surface area (Å²) in [6, 6.07) is 15.1. The van der Waals surface area contributed by atoms with Gasteiger partial charge >= 0.3 is 0 Å². The van der Waals surface area contributed by atoms with Crippen molar-refractivity contribution in [1.82, 2.24) is 5.32 Å². The number of halogens is 1. The maximum atomic E-state index is 11.6. The van der Waals surface area contributed by atoms with Crippen LogP contribution in [0.15, 0.2) is 53.0 Å². The molecule has 0 bridgehead atoms. The van der Waals surface area contributed by atoms with Crippen molar-refractivity contribution in [3.05, 3.63) is 64.1 Å². The van der Waals surface area contributed by atoms with Crippen LogP contribution in [0.4, 0.5) is 0 Å². The van der Waals surface area contributed by atoms with E-state index >= 15 is 0 Å². The van der Waals surface area contributed by atoms with Crippen LogP contribution in [0.2, 0.25) is 0 Å². The van der Waals surface area contributed by atoms with Crippen molar-refractivity contribution in [2.24, 2.45) is 0 Å². The van der Waals surface area contributed by atoms with Crippen molar-refractivity contribution in [3.8, 4) is 5.75 Å². The van der Waals surface area contributed by atoms with Crippen molar-refractivity contribution < 1.29 is 9.53 Å². The number of nitrogens with one attached hydrogen (secondary N) is 1. The Labute approximate surface area is 127 Å². The standard InChI is InChI=1S/C16H16BrNO2/c1-2-18-16(19)13-6-8-15(9-7-13)20-11-12-4-3-5-14(17)10-12/h3-10H,2,11H2,1H3,(H,18,19). The number of amides is 1. The van der Waals surface area contributed by atoms with Crippen molar-refractivity contribution in [1.29, 1.82) is 0 Å². The minimum Gasteiger partial charge on any atom is -0.489 e. The molecule has 2 aromatic carbocycles. The highest BCUT2D eigenvalue weighted by atomic mass is 79.9. The molecular formula is C16H16BrNO2. The van der Waals surface area contributed by atoms with Crippen molar-refractivity contribution in [2.45, 2.75) is 13.5 Å². The van der Waals surface area contributed by atoms with E-state index in [2.05, 4.69) is 21.2 Å². The third kappa shape index (κ3) is 4.10. The lowest BCUT2D eigenvalue weighted by atomic mass is 10.2. The first-order chi connectivity index (χ1) is 9.69. The van der Waals surface area contributed by atoms with Gasteiger partial charge in [0, 0.05) is 16.6 Å². The molecule has 3 nitrogen and oxygen atoms in total. The predicted octanol–water partition coefficient (Wildman–Crippen LogP) is 3.78. The van der Waals surface area contributed by atoms with E-state index in [1.54, 1.807) is 12.1 Å². The third-order valence-corrected chi connectivity index (χ3v) is 3.24. The molecule has 0 spiro atoms. The summed E-state index contributed by atoms with van der Waals surface area (Å²) in [5, 5.41) is 2.76. The van der Waals surface area contributed by atoms with Gasteiger partial charge in [-0.25, -0.2) is 0 Å². The first-order valence-electron chi connectivity index (χ1n) is 6.44. The van der Waals surface area contributed by atoms with Crippen LogP contribution in [0.5, 0.6) is 5.75 Å². The zero-order valence-electron chi connectivity index (χ0n) is 11.2. The molecular weight excluding hydrogens is 318 g/mol. The van der Waals surface area contributed by atoms with Gasteiger partial charge in [-0.3, -0.25) is 4.79 Å². The van der Waals surface area contributed by atoms with E-state index in [1.807, 2.05) is 43.3 Å². The maximum Gasteiger partial charge on any atom is 0.251 e. The molecule has 0 saturated carbocycles. The van der Waals surface area contributed by atoms with Crippen LogP contribution in [0.25, 0.3) is 0 Å². The normalized spacial score (nSPS) is 10.1. The molecule has 0 aliphatic carbocycles. The van der Waals surface area contributed by atoms with Crippen LogP contribution in [0.3, 0.4) is 0 Å². The largest absolute Gasteiger partial charge is 0.489 e. The summed E-state index contributed by atoms with van der Waals surface area (Å²) < 4.78 is 6.72. The highest BCUT2D eigenvalue weighted by molar-refractivity contribution is 9.10. The summed E-state index contributed by atoms with van der Waals surface area (Å²) in [7, 11) is 0. The molecule has 0 atom stereocenters. The quantitative estimate of drug-likeness (QED) is 0.904. The van der Waals surface area contributed by atoms with Gasteiger partial charge in [0.1, 0.15) is 12.4 Å². The van der Waals surface area contributed by atoms with Gasteiger partial charge < -0.3 is 10.1 Å². The van der Waals surface area contributed by atoms with Crippen LogP contribution in [-0.2, 0) is 6.61 Å². The molecule has 1 N–H and O–H groups in total. The molecule has 0 aliphatic rings. The first kappa shape index (κ1) is 14.6. The Morgan fingerprint density at radius 2 is 1.95 bits per heavy atom. The molecule has 20 heavy (non-hydrogen) atoms. The number of ether oxygens (including phenoxy) is 1. The number of carbonyl (C=O) groups excluding carboxylic acids is 1. The summed E-state index contributed by atoms with van der Waals surface area (Å²) in [6.07, 6.45) is 0. The van der Waals surface area contributed by atoms with Gasteiger partial charge in [-0.2, -0.15) is 0 Å². The lowest BCUT2D eigenvalue weighted by molar-refractivity contribution is 0.0956. The van der Waals surface area contributed by atoms with Crippen LogP contribution >= 0.6 is 15.9 Å². The fourth-order valence-corrected chi connectivity index (χ4v) is 2.21. The Bertz CT molecular complexity index is 581. The lowest BCUT2D eigenvalue weighted by Gasteiger charge is -2.08. The Morgan fingerprint density at radius 3 is 2.60 bits per heavy atom. The number of benzene rings is 2. The molecule has 0 heterocycles. The summed E-state index contributed by atoms with van der Waals surface area (Å²) in [6.45, 7) is 3.02. The predicted molar refractivity (Wildman–Crippen MR) is 82.9 cm³/mol. The zero-order valence-corrected chi connectivity index (χ0v) is 12.8. The SMILES string of the molecule is CCNC(=O)c1ccc(OCc2cccc(Br)c2)cc1. The minimum absolute atomic E-state index is 0.0639. The van der Waals surface area contributed by atoms with E-state index in [-0.39, 0.29) is 5.91 Å². The van der Waals surface area contributed by atoms with Gasteiger partial charge in [0.05, 0.1) is 0 Å². The lowest BCUT2D eigenvalue weighted by Crippen LogP contribution is -2.22. The molecule has 2 rings (SSSR count). The Kier molecular flexibility index (Phi) is 5.18. The Hall–Kier alpha value is -1.81. The molecule has 0 aromatic heterocycles. The highest BCUT2D eigenvalue weighted by Crippen LogP contribution is 2.16. The number of rotatable bonds is 5. The molecule has 0 radical (unpaired) electrons. The van der Waals surface area contributed by atoms with E-state index in [0.717, 1.165) is 15.8 Å². The average molecular weight is 334 g/mol. The molecule has 0 fully saturated rings. The molecule has 0 aliphatic heterocycles. The summed E-state index contributed by atoms with van der Waals surface area (Å²) in [4.78, 5) is 11.6. The first-order valence-corrected chi connectivity index (χ1v) is 7.24. The van der Waals surface area contributed by atoms with Gasteiger partial charge in [0.15, 0.2) is 0 Å². The van der Waals surface area contributed by atoms with E-state index in [0.29, 0.717) is 18.7 Å². The minimum atomic E-state index is -0.0639. The molecule has 1 amide bonds. The number of hydrogen-bond donors (Lipinski definition) is 1. The van der Waals surface area contributed by atoms with Crippen molar-refractivity contribution in [2.75, 3.05) is 6.54 Å². The third-order valence-electron chi connectivity index (χ3n) is 2.75. The van der Waals surface area contributed by atoms with Crippen molar-refractivity contribution in [3.63, 3.8) is 0 Å². The van der Waals surface area contributed by atoms with Gasteiger partial charge in [0.2, 0.25) is 0 Å². The number of hydrogen-bond acceptors (Lipinski definition) is 2. The monoisotopic (exact) mass is 333 g/mol. The van der Waals surface area contributed by atoms with Crippen molar-refractivity contribution >= 4 is 21.8 Å². The Balaban J connectivity index is 1.95. The molecule has 104 valence electrons. The fraction of sp³-hybridized carbons (Fsp3) is 0.188. The van der Waals surface area contributed by atoms with E-state index < -0.39 is 0 Å². The molecule has 4 heteroatoms. The van der Waals surface area contributed by atoms with Gasteiger partial charge in [-0.05, 0) is 48.9 Å². The van der Waals surface area contributed by atoms with Gasteiger partial charge in [-0.1, -0.05) is 28.1 Å². The van der Waals surface area contributed by atoms with E-state index in [9.17, 15) is 4.79 Å². The highest BCUT2D eigenvalue weighted by Gasteiger charge is 2.04. The second kappa shape index (κ2) is 7.10. The molecule has 0 unspecified atom stereocenters. The van der Waals surface area contributed by atoms with Crippen LogP contribution < -0.4 is 10.1 Å². The smallest absolute Gasteiger partial charge is 0.251 e. The van der Waals surface area contributed by atoms with Crippen LogP contribution in [-0.4, -0.2) is 12.5 Å². The summed E-state index contributed by atoms with van der Waals surface area (Å²) >= 11 is 3.43. The summed E-state index contributed by atoms with van der Waals surface area (Å²) in [5.41, 5.74) is 1.73. The molecule has 0 saturated heterocycles. The molecule has 2 aromatic rings. The topological polar surface area (TPSA) is 38.3 Å². The van der Waals surface area contributed by atoms with Gasteiger partial charge in [-0.15, -0.1) is 0 Å². The van der Waals surface area contributed by atoms with Gasteiger partial charge in [0.25, 0.3) is 5.91 Å². The fourth-order valence-electron chi connectivity index (χ4n) is 1.76. The Morgan fingerprint density at radius 1 is 1.20 bits per heavy atom. The second-order valence-electron chi connectivity index (χ2n) is 4.30. The number of carbonyl (C=O) groups is 1. The zero-order chi connectivity index (χ0) is 14.4. The van der Waals surface area contributed by atoms with Crippen LogP contribution in [0.1, 0.15) is 22.8 Å². The van der Waals surface area contributed by atoms with E-state index in [4.69, 9.17) is 4.74 Å². The average Bonchev–Trinajstić information content (AvgIpc) is 2.46. The van der Waals surface area contributed by atoms with Crippen LogP contribution in [0, 0.1) is 0 Å². The maximum absolute atomic E-state index is 11.6. The van der Waals surface area contributed by atoms with E-state index in [1.165, 1.54) is 0 Å².